The number of hydrogen-bond donors (Lipinski definition) is 2. The largest absolute Gasteiger partial charge is 0.492 e. The summed E-state index contributed by atoms with van der Waals surface area (Å²) in [4.78, 5) is 40.6. The molecule has 2 amide bonds. The van der Waals surface area contributed by atoms with Gasteiger partial charge in [-0.25, -0.2) is 0 Å². The van der Waals surface area contributed by atoms with E-state index in [4.69, 9.17) is 4.74 Å². The Balaban J connectivity index is 1.75. The third-order valence-corrected chi connectivity index (χ3v) is 5.93. The molecular formula is C23H31N5O5. The summed E-state index contributed by atoms with van der Waals surface area (Å²) in [5, 5.41) is 17.7. The van der Waals surface area contributed by atoms with Crippen LogP contribution in [-0.4, -0.2) is 67.3 Å². The maximum Gasteiger partial charge on any atom is 0.270 e. The van der Waals surface area contributed by atoms with E-state index in [1.54, 1.807) is 11.0 Å². The van der Waals surface area contributed by atoms with Crippen molar-refractivity contribution < 1.29 is 19.4 Å². The van der Waals surface area contributed by atoms with Crippen LogP contribution in [0.4, 0.5) is 0 Å². The zero-order valence-corrected chi connectivity index (χ0v) is 19.4. The quantitative estimate of drug-likeness (QED) is 0.633. The molecule has 1 aliphatic heterocycles. The Hall–Kier alpha value is -3.14. The molecule has 178 valence electrons. The number of aromatic hydroxyl groups is 1. The van der Waals surface area contributed by atoms with Gasteiger partial charge in [0, 0.05) is 24.2 Å². The molecule has 1 saturated carbocycles. The average molecular weight is 458 g/mol. The number of carbonyl (C=O) groups is 2. The molecule has 2 fully saturated rings. The molecule has 2 aliphatic rings. The summed E-state index contributed by atoms with van der Waals surface area (Å²) >= 11 is 0. The normalized spacial score (nSPS) is 21.3. The van der Waals surface area contributed by atoms with E-state index in [0.717, 1.165) is 12.8 Å². The molecule has 0 radical (unpaired) electrons. The van der Waals surface area contributed by atoms with Gasteiger partial charge in [0.1, 0.15) is 5.65 Å². The van der Waals surface area contributed by atoms with Gasteiger partial charge in [-0.1, -0.05) is 13.8 Å². The van der Waals surface area contributed by atoms with Crippen molar-refractivity contribution in [1.29, 1.82) is 0 Å². The molecule has 3 heterocycles. The summed E-state index contributed by atoms with van der Waals surface area (Å²) in [6, 6.07) is -0.0614. The van der Waals surface area contributed by atoms with E-state index >= 15 is 0 Å². The molecule has 2 aromatic rings. The Bertz CT molecular complexity index is 1150. The van der Waals surface area contributed by atoms with E-state index < -0.39 is 17.3 Å². The summed E-state index contributed by atoms with van der Waals surface area (Å²) < 4.78 is 8.13. The Morgan fingerprint density at radius 3 is 2.55 bits per heavy atom. The van der Waals surface area contributed by atoms with Gasteiger partial charge < -0.3 is 20.1 Å². The van der Waals surface area contributed by atoms with Gasteiger partial charge in [-0.3, -0.25) is 19.0 Å². The minimum Gasteiger partial charge on any atom is -0.492 e. The van der Waals surface area contributed by atoms with Crippen molar-refractivity contribution in [1.82, 2.24) is 24.4 Å². The highest BCUT2D eigenvalue weighted by Gasteiger charge is 2.30. The highest BCUT2D eigenvalue weighted by atomic mass is 16.5. The lowest BCUT2D eigenvalue weighted by Gasteiger charge is -2.38. The number of aromatic nitrogens is 3. The van der Waals surface area contributed by atoms with Crippen LogP contribution in [0.1, 0.15) is 56.5 Å². The number of hydrogen-bond acceptors (Lipinski definition) is 6. The zero-order valence-electron chi connectivity index (χ0n) is 19.4. The third kappa shape index (κ3) is 4.52. The lowest BCUT2D eigenvalue weighted by atomic mass is 10.1. The SMILES string of the molecule is CC(C)Cn1c(=O)c(C(=O)NC2CC2)c(O)n2ncc(/C=C/C(=O)N3[C@H](C)COC[C@@H]3C)c12. The first-order chi connectivity index (χ1) is 15.7. The van der Waals surface area contributed by atoms with Crippen LogP contribution in [0.3, 0.4) is 0 Å². The van der Waals surface area contributed by atoms with E-state index in [1.165, 1.54) is 21.4 Å². The Morgan fingerprint density at radius 1 is 1.27 bits per heavy atom. The van der Waals surface area contributed by atoms with Crippen molar-refractivity contribution in [2.45, 2.75) is 65.2 Å². The van der Waals surface area contributed by atoms with Gasteiger partial charge in [-0.05, 0) is 38.7 Å². The molecule has 0 aromatic carbocycles. The zero-order chi connectivity index (χ0) is 23.9. The van der Waals surface area contributed by atoms with Crippen molar-refractivity contribution >= 4 is 23.5 Å². The van der Waals surface area contributed by atoms with Crippen molar-refractivity contribution in [3.05, 3.63) is 33.8 Å². The van der Waals surface area contributed by atoms with Crippen LogP contribution >= 0.6 is 0 Å². The average Bonchev–Trinajstić information content (AvgIpc) is 3.44. The summed E-state index contributed by atoms with van der Waals surface area (Å²) in [6.45, 7) is 9.06. The second kappa shape index (κ2) is 9.01. The van der Waals surface area contributed by atoms with Gasteiger partial charge in [-0.2, -0.15) is 9.61 Å². The minimum atomic E-state index is -0.600. The number of nitrogens with zero attached hydrogens (tertiary/aromatic N) is 4. The van der Waals surface area contributed by atoms with Gasteiger partial charge in [0.15, 0.2) is 5.56 Å². The highest BCUT2D eigenvalue weighted by Crippen LogP contribution is 2.24. The Labute approximate surface area is 191 Å². The Kier molecular flexibility index (Phi) is 6.29. The van der Waals surface area contributed by atoms with Crippen molar-refractivity contribution in [2.75, 3.05) is 13.2 Å². The second-order valence-electron chi connectivity index (χ2n) is 9.41. The van der Waals surface area contributed by atoms with Gasteiger partial charge >= 0.3 is 0 Å². The van der Waals surface area contributed by atoms with Crippen LogP contribution in [-0.2, 0) is 16.1 Å². The summed E-state index contributed by atoms with van der Waals surface area (Å²) in [5.41, 5.74) is -0.0649. The van der Waals surface area contributed by atoms with Crippen LogP contribution in [0.25, 0.3) is 11.7 Å². The molecule has 33 heavy (non-hydrogen) atoms. The van der Waals surface area contributed by atoms with Crippen LogP contribution in [0.5, 0.6) is 5.88 Å². The molecule has 10 heteroatoms. The second-order valence-corrected chi connectivity index (χ2v) is 9.41. The predicted octanol–water partition coefficient (Wildman–Crippen LogP) is 1.40. The van der Waals surface area contributed by atoms with E-state index in [-0.39, 0.29) is 35.5 Å². The molecule has 0 unspecified atom stereocenters. The summed E-state index contributed by atoms with van der Waals surface area (Å²) in [5.74, 6) is -1.18. The smallest absolute Gasteiger partial charge is 0.270 e. The van der Waals surface area contributed by atoms with Crippen LogP contribution in [0, 0.1) is 5.92 Å². The van der Waals surface area contributed by atoms with Gasteiger partial charge in [0.25, 0.3) is 11.5 Å². The molecule has 0 bridgehead atoms. The maximum absolute atomic E-state index is 13.3. The maximum atomic E-state index is 13.3. The minimum absolute atomic E-state index is 0.0395. The molecule has 1 aliphatic carbocycles. The lowest BCUT2D eigenvalue weighted by molar-refractivity contribution is -0.138. The van der Waals surface area contributed by atoms with Gasteiger partial charge in [-0.15, -0.1) is 0 Å². The molecular weight excluding hydrogens is 426 g/mol. The van der Waals surface area contributed by atoms with Crippen LogP contribution < -0.4 is 10.9 Å². The molecule has 0 spiro atoms. The van der Waals surface area contributed by atoms with E-state index in [2.05, 4.69) is 10.4 Å². The summed E-state index contributed by atoms with van der Waals surface area (Å²) in [6.07, 6.45) is 6.24. The predicted molar refractivity (Wildman–Crippen MR) is 122 cm³/mol. The Morgan fingerprint density at radius 2 is 1.94 bits per heavy atom. The lowest BCUT2D eigenvalue weighted by Crippen LogP contribution is -2.51. The molecule has 1 saturated heterocycles. The van der Waals surface area contributed by atoms with Crippen LogP contribution in [0.15, 0.2) is 17.1 Å². The highest BCUT2D eigenvalue weighted by molar-refractivity contribution is 5.97. The molecule has 2 atom stereocenters. The van der Waals surface area contributed by atoms with E-state index in [0.29, 0.717) is 31.0 Å². The topological polar surface area (TPSA) is 118 Å². The first kappa shape index (κ1) is 23.0. The first-order valence-corrected chi connectivity index (χ1v) is 11.4. The van der Waals surface area contributed by atoms with E-state index in [1.807, 2.05) is 27.7 Å². The molecule has 4 rings (SSSR count). The number of carbonyl (C=O) groups excluding carboxylic acids is 2. The standard InChI is InChI=1S/C23H31N5O5/c1-13(2)10-26-21-16(5-8-18(29)27-14(3)11-33-12-15(27)4)9-24-28(21)23(32)19(22(26)31)20(30)25-17-6-7-17/h5,8-9,13-15,17,32H,6-7,10-12H2,1-4H3,(H,25,30)/b8-5+/t14-,15+. The van der Waals surface area contributed by atoms with Gasteiger partial charge in [0.2, 0.25) is 11.8 Å². The fraction of sp³-hybridized carbons (Fsp3) is 0.565. The molecule has 2 N–H and O–H groups in total. The van der Waals surface area contributed by atoms with E-state index in [9.17, 15) is 19.5 Å². The molecule has 10 nitrogen and oxygen atoms in total. The fourth-order valence-electron chi connectivity index (χ4n) is 4.23. The summed E-state index contributed by atoms with van der Waals surface area (Å²) in [7, 11) is 0. The number of fused-ring (bicyclic) bond motifs is 1. The number of amides is 2. The number of nitrogens with one attached hydrogen (secondary N) is 1. The number of ether oxygens (including phenoxy) is 1. The fourth-order valence-corrected chi connectivity index (χ4v) is 4.23. The first-order valence-electron chi connectivity index (χ1n) is 11.4. The number of rotatable bonds is 6. The van der Waals surface area contributed by atoms with Crippen molar-refractivity contribution in [3.8, 4) is 5.88 Å². The number of morpholine rings is 1. The van der Waals surface area contributed by atoms with Gasteiger partial charge in [0.05, 0.1) is 31.5 Å². The molecule has 2 aromatic heterocycles. The van der Waals surface area contributed by atoms with Crippen molar-refractivity contribution in [2.24, 2.45) is 5.92 Å². The monoisotopic (exact) mass is 457 g/mol. The van der Waals surface area contributed by atoms with Crippen molar-refractivity contribution in [3.63, 3.8) is 0 Å². The third-order valence-electron chi connectivity index (χ3n) is 5.93. The van der Waals surface area contributed by atoms with Crippen LogP contribution in [0.2, 0.25) is 0 Å².